The first kappa shape index (κ1) is 29.5. The average Bonchev–Trinajstić information content (AvgIpc) is 3.74. The summed E-state index contributed by atoms with van der Waals surface area (Å²) in [5.74, 6) is 1.16. The van der Waals surface area contributed by atoms with E-state index in [1.54, 1.807) is 19.3 Å². The van der Waals surface area contributed by atoms with Crippen LogP contribution in [-0.4, -0.2) is 69.5 Å². The summed E-state index contributed by atoms with van der Waals surface area (Å²) < 4.78 is 17.5. The van der Waals surface area contributed by atoms with Crippen LogP contribution in [0.25, 0.3) is 39.1 Å². The van der Waals surface area contributed by atoms with Gasteiger partial charge in [-0.05, 0) is 48.5 Å². The Bertz CT molecular complexity index is 2290. The van der Waals surface area contributed by atoms with Crippen molar-refractivity contribution in [2.75, 3.05) is 36.4 Å². The predicted molar refractivity (Wildman–Crippen MR) is 187 cm³/mol. The van der Waals surface area contributed by atoms with Crippen LogP contribution in [0.3, 0.4) is 0 Å². The number of hydrogen-bond acceptors (Lipinski definition) is 8. The maximum Gasteiger partial charge on any atom is 0.228 e. The molecule has 1 aliphatic heterocycles. The summed E-state index contributed by atoms with van der Waals surface area (Å²) in [5, 5.41) is 4.23. The third-order valence-electron chi connectivity index (χ3n) is 8.61. The van der Waals surface area contributed by atoms with E-state index in [0.29, 0.717) is 30.5 Å². The van der Waals surface area contributed by atoms with Crippen LogP contribution in [-0.2, 0) is 15.8 Å². The Morgan fingerprint density at radius 1 is 0.812 bits per heavy atom. The average molecular weight is 654 g/mol. The monoisotopic (exact) mass is 653 g/mol. The third-order valence-corrected chi connectivity index (χ3v) is 9.95. The van der Waals surface area contributed by atoms with Crippen molar-refractivity contribution in [2.45, 2.75) is 11.8 Å². The number of nitrogens with zero attached hydrogens (tertiary/aromatic N) is 8. The Kier molecular flexibility index (Phi) is 7.61. The maximum atomic E-state index is 13.6. The van der Waals surface area contributed by atoms with Gasteiger partial charge < -0.3 is 15.1 Å². The Morgan fingerprint density at radius 3 is 2.42 bits per heavy atom. The van der Waals surface area contributed by atoms with E-state index in [1.807, 2.05) is 111 Å². The number of piperazine rings is 1. The molecular formula is C36H31N9O2S. The fourth-order valence-corrected chi connectivity index (χ4v) is 7.26. The molecule has 1 unspecified atom stereocenters. The highest BCUT2D eigenvalue weighted by Crippen LogP contribution is 2.33. The van der Waals surface area contributed by atoms with Gasteiger partial charge in [0.25, 0.3) is 0 Å². The second-order valence-corrected chi connectivity index (χ2v) is 12.9. The van der Waals surface area contributed by atoms with Crippen molar-refractivity contribution in [3.05, 3.63) is 116 Å². The van der Waals surface area contributed by atoms with Gasteiger partial charge in [-0.1, -0.05) is 36.4 Å². The lowest BCUT2D eigenvalue weighted by atomic mass is 10.1. The van der Waals surface area contributed by atoms with Crippen molar-refractivity contribution in [1.29, 1.82) is 0 Å². The molecule has 11 nitrogen and oxygen atoms in total. The van der Waals surface area contributed by atoms with Gasteiger partial charge in [-0.3, -0.25) is 13.2 Å². The van der Waals surface area contributed by atoms with Gasteiger partial charge in [-0.25, -0.2) is 24.1 Å². The summed E-state index contributed by atoms with van der Waals surface area (Å²) in [6, 6.07) is 27.3. The van der Waals surface area contributed by atoms with E-state index in [9.17, 15) is 9.00 Å². The molecule has 1 atom stereocenters. The van der Waals surface area contributed by atoms with Gasteiger partial charge in [0.15, 0.2) is 11.0 Å². The normalized spacial score (nSPS) is 14.0. The molecule has 0 aliphatic carbocycles. The van der Waals surface area contributed by atoms with Gasteiger partial charge in [-0.15, -0.1) is 0 Å². The lowest BCUT2D eigenvalue weighted by Crippen LogP contribution is -2.48. The lowest BCUT2D eigenvalue weighted by Gasteiger charge is -2.35. The number of anilines is 3. The number of imidazole rings is 1. The number of carbonyl (C=O) groups is 1. The van der Waals surface area contributed by atoms with Crippen LogP contribution in [0.1, 0.15) is 6.92 Å². The number of nitrogens with one attached hydrogen (secondary N) is 1. The molecule has 7 aromatic rings. The smallest absolute Gasteiger partial charge is 0.228 e. The largest absolute Gasteiger partial charge is 0.367 e. The Morgan fingerprint density at radius 2 is 1.62 bits per heavy atom. The van der Waals surface area contributed by atoms with Crippen LogP contribution >= 0.6 is 0 Å². The molecule has 1 aliphatic rings. The summed E-state index contributed by atoms with van der Waals surface area (Å²) in [6.07, 6.45) is 9.35. The van der Waals surface area contributed by atoms with Crippen LogP contribution in [0.5, 0.6) is 0 Å². The number of hydrogen-bond donors (Lipinski definition) is 1. The first-order valence-corrected chi connectivity index (χ1v) is 16.7. The number of pyridine rings is 2. The van der Waals surface area contributed by atoms with Gasteiger partial charge in [0.1, 0.15) is 11.5 Å². The maximum absolute atomic E-state index is 13.6. The minimum Gasteiger partial charge on any atom is -0.367 e. The first-order chi connectivity index (χ1) is 23.5. The number of carbonyl (C=O) groups excluding carboxylic acids is 1. The molecule has 238 valence electrons. The van der Waals surface area contributed by atoms with Crippen molar-refractivity contribution >= 4 is 50.9 Å². The van der Waals surface area contributed by atoms with E-state index in [1.165, 1.54) is 0 Å². The molecule has 0 saturated carbocycles. The minimum absolute atomic E-state index is 0.112. The molecule has 0 spiro atoms. The molecule has 1 saturated heterocycles. The van der Waals surface area contributed by atoms with Crippen molar-refractivity contribution in [3.8, 4) is 22.5 Å². The highest BCUT2D eigenvalue weighted by atomic mass is 32.2. The fraction of sp³-hybridized carbons (Fsp3) is 0.139. The topological polar surface area (TPSA) is 114 Å². The van der Waals surface area contributed by atoms with Crippen LogP contribution in [0.15, 0.2) is 121 Å². The van der Waals surface area contributed by atoms with Gasteiger partial charge >= 0.3 is 0 Å². The molecule has 8 rings (SSSR count). The zero-order chi connectivity index (χ0) is 32.6. The first-order valence-electron chi connectivity index (χ1n) is 15.6. The van der Waals surface area contributed by atoms with Crippen molar-refractivity contribution in [2.24, 2.45) is 0 Å². The van der Waals surface area contributed by atoms with Gasteiger partial charge in [0.05, 0.1) is 39.9 Å². The Labute approximate surface area is 279 Å². The molecule has 12 heteroatoms. The molecule has 1 N–H and O–H groups in total. The Balaban J connectivity index is 1.07. The Hall–Kier alpha value is -5.88. The van der Waals surface area contributed by atoms with E-state index in [-0.39, 0.29) is 5.91 Å². The molecule has 48 heavy (non-hydrogen) atoms. The molecule has 5 aromatic heterocycles. The van der Waals surface area contributed by atoms with Crippen LogP contribution < -0.4 is 10.2 Å². The standard InChI is InChI=1S/C36H31N9O2S/c1-25(46)42-17-19-43(20-18-42)27-12-13-34(38-21-27)41-36-37-16-15-31(40-36)33-22-39-35-14-11-26(23-44(33)35)30-24-45(32-10-6-5-9-29(30)32)48(47)28-7-3-2-4-8-28/h2-16,21-24H,17-20H2,1H3,(H,37,38,40,41). The second kappa shape index (κ2) is 12.4. The van der Waals surface area contributed by atoms with Gasteiger partial charge in [0, 0.05) is 68.2 Å². The SMILES string of the molecule is CC(=O)N1CCN(c2ccc(Nc3nccc(-c4cnc5ccc(-c6cn(S(=O)c7ccccc7)c7ccccc67)cn45)n3)nc2)CC1. The highest BCUT2D eigenvalue weighted by molar-refractivity contribution is 7.83. The van der Waals surface area contributed by atoms with Crippen molar-refractivity contribution in [3.63, 3.8) is 0 Å². The van der Waals surface area contributed by atoms with Crippen molar-refractivity contribution in [1.82, 2.24) is 33.2 Å². The fourth-order valence-electron chi connectivity index (χ4n) is 6.10. The number of rotatable bonds is 7. The molecule has 0 bridgehead atoms. The molecule has 1 fully saturated rings. The molecular weight excluding hydrogens is 623 g/mol. The van der Waals surface area contributed by atoms with E-state index < -0.39 is 11.0 Å². The summed E-state index contributed by atoms with van der Waals surface area (Å²) in [6.45, 7) is 4.57. The second-order valence-electron chi connectivity index (χ2n) is 11.5. The molecule has 2 aromatic carbocycles. The van der Waals surface area contributed by atoms with E-state index in [2.05, 4.69) is 31.2 Å². The summed E-state index contributed by atoms with van der Waals surface area (Å²) in [7, 11) is -1.40. The zero-order valence-corrected chi connectivity index (χ0v) is 26.9. The van der Waals surface area contributed by atoms with Gasteiger partial charge in [-0.2, -0.15) is 0 Å². The number of aromatic nitrogens is 6. The quantitative estimate of drug-likeness (QED) is 0.230. The number of benzene rings is 2. The number of amides is 1. The molecule has 1 amide bonds. The third kappa shape index (κ3) is 5.56. The van der Waals surface area contributed by atoms with Crippen LogP contribution in [0, 0.1) is 0 Å². The lowest BCUT2D eigenvalue weighted by molar-refractivity contribution is -0.129. The van der Waals surface area contributed by atoms with Crippen LogP contribution in [0.4, 0.5) is 17.5 Å². The summed E-state index contributed by atoms with van der Waals surface area (Å²) >= 11 is 0. The predicted octanol–water partition coefficient (Wildman–Crippen LogP) is 5.79. The van der Waals surface area contributed by atoms with Crippen molar-refractivity contribution < 1.29 is 9.00 Å². The zero-order valence-electron chi connectivity index (χ0n) is 26.1. The number of para-hydroxylation sites is 1. The molecule has 0 radical (unpaired) electrons. The van der Waals surface area contributed by atoms with E-state index in [4.69, 9.17) is 4.98 Å². The highest BCUT2D eigenvalue weighted by Gasteiger charge is 2.20. The summed E-state index contributed by atoms with van der Waals surface area (Å²) in [4.78, 5) is 35.0. The minimum atomic E-state index is -1.40. The summed E-state index contributed by atoms with van der Waals surface area (Å²) in [5.41, 5.74) is 6.11. The van der Waals surface area contributed by atoms with Gasteiger partial charge in [0.2, 0.25) is 11.9 Å². The van der Waals surface area contributed by atoms with Crippen LogP contribution in [0.2, 0.25) is 0 Å². The molecule has 6 heterocycles. The number of fused-ring (bicyclic) bond motifs is 2. The van der Waals surface area contributed by atoms with E-state index in [0.717, 1.165) is 57.0 Å². The van der Waals surface area contributed by atoms with E-state index >= 15 is 0 Å².